The number of unbranched alkanes of at least 4 members (excludes halogenated alkanes) is 4. The average Bonchev–Trinajstić information content (AvgIpc) is 2.71. The normalized spacial score (nSPS) is 33.4. The summed E-state index contributed by atoms with van der Waals surface area (Å²) in [6, 6.07) is 10.1. The predicted molar refractivity (Wildman–Crippen MR) is 106 cm³/mol. The number of allylic oxidation sites excluding steroid dienone is 1. The van der Waals surface area contributed by atoms with E-state index in [1.165, 1.54) is 19.3 Å². The van der Waals surface area contributed by atoms with Crippen LogP contribution in [0, 0.1) is 11.8 Å². The number of fused-ring (bicyclic) bond motifs is 1. The molecule has 0 spiro atoms. The van der Waals surface area contributed by atoms with E-state index in [-0.39, 0.29) is 24.8 Å². The lowest BCUT2D eigenvalue weighted by atomic mass is 9.84. The van der Waals surface area contributed by atoms with Gasteiger partial charge in [0.1, 0.15) is 6.10 Å². The van der Waals surface area contributed by atoms with Gasteiger partial charge in [0, 0.05) is 18.1 Å². The number of benzene rings is 1. The Morgan fingerprint density at radius 1 is 1.04 bits per heavy atom. The van der Waals surface area contributed by atoms with Crippen LogP contribution < -0.4 is 0 Å². The van der Waals surface area contributed by atoms with Gasteiger partial charge in [-0.1, -0.05) is 63.1 Å². The van der Waals surface area contributed by atoms with Crippen LogP contribution in [0.3, 0.4) is 0 Å². The van der Waals surface area contributed by atoms with Crippen LogP contribution in [-0.4, -0.2) is 31.7 Å². The zero-order chi connectivity index (χ0) is 19.1. The van der Waals surface area contributed by atoms with E-state index in [1.807, 2.05) is 36.4 Å². The maximum atomic E-state index is 6.28. The Hall–Kier alpha value is -1.20. The van der Waals surface area contributed by atoms with Crippen molar-refractivity contribution < 1.29 is 18.9 Å². The van der Waals surface area contributed by atoms with E-state index in [0.29, 0.717) is 18.4 Å². The van der Waals surface area contributed by atoms with Crippen molar-refractivity contribution in [1.82, 2.24) is 0 Å². The van der Waals surface area contributed by atoms with Crippen molar-refractivity contribution in [1.29, 1.82) is 0 Å². The number of ether oxygens (including phenoxy) is 4. The van der Waals surface area contributed by atoms with Crippen LogP contribution >= 0.6 is 0 Å². The van der Waals surface area contributed by atoms with E-state index in [2.05, 4.69) is 20.4 Å². The minimum absolute atomic E-state index is 0.0395. The van der Waals surface area contributed by atoms with E-state index < -0.39 is 0 Å². The van der Waals surface area contributed by atoms with E-state index in [4.69, 9.17) is 18.9 Å². The molecular formula is C23H34O4. The van der Waals surface area contributed by atoms with Crippen LogP contribution in [0.4, 0.5) is 0 Å². The van der Waals surface area contributed by atoms with Crippen molar-refractivity contribution in [3.05, 3.63) is 48.6 Å². The molecule has 0 amide bonds. The molecule has 2 heterocycles. The Kier molecular flexibility index (Phi) is 7.89. The van der Waals surface area contributed by atoms with E-state index in [0.717, 1.165) is 25.0 Å². The fourth-order valence-corrected chi connectivity index (χ4v) is 3.89. The van der Waals surface area contributed by atoms with Gasteiger partial charge < -0.3 is 18.9 Å². The third-order valence-corrected chi connectivity index (χ3v) is 5.80. The topological polar surface area (TPSA) is 36.9 Å². The second kappa shape index (κ2) is 10.4. The Bertz CT molecular complexity index is 559. The van der Waals surface area contributed by atoms with Gasteiger partial charge in [0.15, 0.2) is 12.6 Å². The van der Waals surface area contributed by atoms with Gasteiger partial charge >= 0.3 is 0 Å². The van der Waals surface area contributed by atoms with E-state index >= 15 is 0 Å². The first-order valence-electron chi connectivity index (χ1n) is 10.4. The molecule has 2 aliphatic rings. The lowest BCUT2D eigenvalue weighted by molar-refractivity contribution is -0.342. The zero-order valence-electron chi connectivity index (χ0n) is 16.7. The summed E-state index contributed by atoms with van der Waals surface area (Å²) in [6.45, 7) is 9.50. The third kappa shape index (κ3) is 5.41. The molecule has 0 bridgehead atoms. The minimum Gasteiger partial charge on any atom is -0.352 e. The van der Waals surface area contributed by atoms with Gasteiger partial charge in [-0.05, 0) is 25.2 Å². The highest BCUT2D eigenvalue weighted by molar-refractivity contribution is 5.16. The Morgan fingerprint density at radius 2 is 1.81 bits per heavy atom. The van der Waals surface area contributed by atoms with Crippen molar-refractivity contribution >= 4 is 0 Å². The smallest absolute Gasteiger partial charge is 0.184 e. The SMILES string of the molecule is C=CCCCCCCO[C@@H]1OC2COC(c3ccccc3)O[C@H]2[C@H](C)C1C. The van der Waals surface area contributed by atoms with Gasteiger partial charge in [-0.2, -0.15) is 0 Å². The minimum atomic E-state index is -0.307. The third-order valence-electron chi connectivity index (χ3n) is 5.80. The summed E-state index contributed by atoms with van der Waals surface area (Å²) in [4.78, 5) is 0. The molecule has 0 radical (unpaired) electrons. The number of hydrogen-bond acceptors (Lipinski definition) is 4. The number of rotatable bonds is 9. The van der Waals surface area contributed by atoms with E-state index in [9.17, 15) is 0 Å². The molecule has 1 aromatic rings. The lowest BCUT2D eigenvalue weighted by Gasteiger charge is -2.48. The Labute approximate surface area is 163 Å². The molecule has 2 aliphatic heterocycles. The van der Waals surface area contributed by atoms with Crippen molar-refractivity contribution in [2.75, 3.05) is 13.2 Å². The van der Waals surface area contributed by atoms with Crippen molar-refractivity contribution in [3.8, 4) is 0 Å². The fraction of sp³-hybridized carbons (Fsp3) is 0.652. The van der Waals surface area contributed by atoms with Gasteiger partial charge in [-0.15, -0.1) is 6.58 Å². The highest BCUT2D eigenvalue weighted by Gasteiger charge is 2.46. The van der Waals surface area contributed by atoms with Crippen molar-refractivity contribution in [2.24, 2.45) is 11.8 Å². The summed E-state index contributed by atoms with van der Waals surface area (Å²) in [5.41, 5.74) is 1.06. The van der Waals surface area contributed by atoms with Gasteiger partial charge in [0.25, 0.3) is 0 Å². The van der Waals surface area contributed by atoms with Gasteiger partial charge in [-0.3, -0.25) is 0 Å². The van der Waals surface area contributed by atoms with Gasteiger partial charge in [0.2, 0.25) is 0 Å². The molecular weight excluding hydrogens is 340 g/mol. The zero-order valence-corrected chi connectivity index (χ0v) is 16.7. The Morgan fingerprint density at radius 3 is 2.59 bits per heavy atom. The van der Waals surface area contributed by atoms with E-state index in [1.54, 1.807) is 0 Å². The molecule has 0 saturated carbocycles. The average molecular weight is 375 g/mol. The molecule has 3 rings (SSSR count). The molecule has 150 valence electrons. The van der Waals surface area contributed by atoms with Crippen molar-refractivity contribution in [2.45, 2.75) is 70.7 Å². The number of hydrogen-bond donors (Lipinski definition) is 0. The molecule has 0 aliphatic carbocycles. The second-order valence-corrected chi connectivity index (χ2v) is 7.80. The van der Waals surface area contributed by atoms with Gasteiger partial charge in [0.05, 0.1) is 12.7 Å². The standard InChI is InChI=1S/C23H34O4/c1-4-5-6-7-8-12-15-24-22-18(3)17(2)21-20(26-22)16-25-23(27-21)19-13-10-9-11-14-19/h4,9-11,13-14,17-18,20-23H,1,5-8,12,15-16H2,2-3H3/t17-,18?,20?,21+,22-,23?/m1/s1. The van der Waals surface area contributed by atoms with Crippen LogP contribution in [-0.2, 0) is 18.9 Å². The second-order valence-electron chi connectivity index (χ2n) is 7.80. The highest BCUT2D eigenvalue weighted by atomic mass is 16.7. The lowest BCUT2D eigenvalue weighted by Crippen LogP contribution is -2.55. The monoisotopic (exact) mass is 374 g/mol. The molecule has 6 atom stereocenters. The van der Waals surface area contributed by atoms with Crippen LogP contribution in [0.25, 0.3) is 0 Å². The van der Waals surface area contributed by atoms with Crippen LogP contribution in [0.1, 0.15) is 57.8 Å². The molecule has 0 N–H and O–H groups in total. The van der Waals surface area contributed by atoms with Crippen molar-refractivity contribution in [3.63, 3.8) is 0 Å². The highest BCUT2D eigenvalue weighted by Crippen LogP contribution is 2.39. The molecule has 2 fully saturated rings. The molecule has 2 saturated heterocycles. The summed E-state index contributed by atoms with van der Waals surface area (Å²) in [5.74, 6) is 0.651. The predicted octanol–water partition coefficient (Wildman–Crippen LogP) is 5.25. The molecule has 3 unspecified atom stereocenters. The quantitative estimate of drug-likeness (QED) is 0.437. The molecule has 4 heteroatoms. The van der Waals surface area contributed by atoms with Crippen LogP contribution in [0.5, 0.6) is 0 Å². The molecule has 27 heavy (non-hydrogen) atoms. The summed E-state index contributed by atoms with van der Waals surface area (Å²) in [5, 5.41) is 0. The maximum absolute atomic E-state index is 6.28. The first kappa shape index (κ1) is 20.5. The van der Waals surface area contributed by atoms with Crippen LogP contribution in [0.2, 0.25) is 0 Å². The molecule has 1 aromatic carbocycles. The Balaban J connectivity index is 1.46. The fourth-order valence-electron chi connectivity index (χ4n) is 3.89. The summed E-state index contributed by atoms with van der Waals surface area (Å²) in [6.07, 6.45) is 7.32. The summed E-state index contributed by atoms with van der Waals surface area (Å²) in [7, 11) is 0. The molecule has 0 aromatic heterocycles. The van der Waals surface area contributed by atoms with Crippen LogP contribution in [0.15, 0.2) is 43.0 Å². The summed E-state index contributed by atoms with van der Waals surface area (Å²) >= 11 is 0. The maximum Gasteiger partial charge on any atom is 0.184 e. The largest absolute Gasteiger partial charge is 0.352 e. The molecule has 4 nitrogen and oxygen atoms in total. The first-order valence-corrected chi connectivity index (χ1v) is 10.4. The van der Waals surface area contributed by atoms with Gasteiger partial charge in [-0.25, -0.2) is 0 Å². The first-order chi connectivity index (χ1) is 13.2. The summed E-state index contributed by atoms with van der Waals surface area (Å²) < 4.78 is 24.5.